The van der Waals surface area contributed by atoms with E-state index in [9.17, 15) is 13.2 Å². The number of para-hydroxylation sites is 1. The van der Waals surface area contributed by atoms with Crippen molar-refractivity contribution in [2.24, 2.45) is 0 Å². The number of carbonyl (C=O) groups excluding carboxylic acids is 1. The van der Waals surface area contributed by atoms with Crippen molar-refractivity contribution in [1.29, 1.82) is 0 Å². The lowest BCUT2D eigenvalue weighted by Gasteiger charge is -2.19. The van der Waals surface area contributed by atoms with Crippen LogP contribution in [0.4, 0.5) is 11.4 Å². The Bertz CT molecular complexity index is 1340. The molecule has 0 saturated carbocycles. The molecule has 1 amide bonds. The summed E-state index contributed by atoms with van der Waals surface area (Å²) in [5, 5.41) is 5.52. The number of ether oxygens (including phenoxy) is 1. The first-order valence-electron chi connectivity index (χ1n) is 10.4. The van der Waals surface area contributed by atoms with Gasteiger partial charge in [-0.25, -0.2) is 8.42 Å². The smallest absolute Gasteiger partial charge is 0.264 e. The molecule has 176 valence electrons. The number of carbonyl (C=O) groups is 1. The topological polar surface area (TPSA) is 87.7 Å². The third kappa shape index (κ3) is 5.40. The highest BCUT2D eigenvalue weighted by molar-refractivity contribution is 9.10. The normalized spacial score (nSPS) is 12.7. The van der Waals surface area contributed by atoms with Crippen LogP contribution in [0.5, 0.6) is 5.75 Å². The van der Waals surface area contributed by atoms with E-state index >= 15 is 0 Å². The van der Waals surface area contributed by atoms with Gasteiger partial charge in [0, 0.05) is 16.7 Å². The van der Waals surface area contributed by atoms with Crippen LogP contribution in [0, 0.1) is 6.92 Å². The average molecular weight is 560 g/mol. The number of sulfonamides is 1. The van der Waals surface area contributed by atoms with Crippen molar-refractivity contribution in [2.45, 2.75) is 18.2 Å². The van der Waals surface area contributed by atoms with E-state index in [0.717, 1.165) is 15.6 Å². The van der Waals surface area contributed by atoms with Gasteiger partial charge in [-0.15, -0.1) is 0 Å². The Hall–Kier alpha value is -2.95. The van der Waals surface area contributed by atoms with Gasteiger partial charge in [-0.1, -0.05) is 34.1 Å². The van der Waals surface area contributed by atoms with Crippen LogP contribution in [0.25, 0.3) is 0 Å². The number of anilines is 2. The van der Waals surface area contributed by atoms with E-state index in [4.69, 9.17) is 17.0 Å². The third-order valence-electron chi connectivity index (χ3n) is 5.29. The predicted molar refractivity (Wildman–Crippen MR) is 140 cm³/mol. The van der Waals surface area contributed by atoms with Gasteiger partial charge in [-0.2, -0.15) is 0 Å². The number of amides is 1. The number of halogens is 1. The quantitative estimate of drug-likeness (QED) is 0.435. The van der Waals surface area contributed by atoms with Crippen molar-refractivity contribution >= 4 is 60.6 Å². The van der Waals surface area contributed by atoms with Gasteiger partial charge in [-0.05, 0) is 85.2 Å². The van der Waals surface area contributed by atoms with E-state index in [2.05, 4.69) is 26.6 Å². The summed E-state index contributed by atoms with van der Waals surface area (Å²) in [6.07, 6.45) is 0.689. The number of hydrogen-bond donors (Lipinski definition) is 2. The zero-order valence-electron chi connectivity index (χ0n) is 18.2. The van der Waals surface area contributed by atoms with Crippen molar-refractivity contribution in [3.63, 3.8) is 0 Å². The summed E-state index contributed by atoms with van der Waals surface area (Å²) in [7, 11) is -3.67. The first-order valence-corrected chi connectivity index (χ1v) is 13.1. The summed E-state index contributed by atoms with van der Waals surface area (Å²) in [6.45, 7) is 2.11. The Morgan fingerprint density at radius 2 is 1.85 bits per heavy atom. The van der Waals surface area contributed by atoms with Gasteiger partial charge in [0.15, 0.2) is 11.7 Å². The lowest BCUT2D eigenvalue weighted by Crippen LogP contribution is -2.37. The van der Waals surface area contributed by atoms with Gasteiger partial charge in [0.05, 0.1) is 10.6 Å². The second kappa shape index (κ2) is 10.1. The standard InChI is InChI=1S/C24H22BrN3O4S2/c1-16-14-18(25)6-11-22(16)32-15-23(29)27-24(33)26-19-7-9-20(10-8-19)34(30,31)28-13-12-17-4-2-3-5-21(17)28/h2-11,14H,12-13,15H2,1H3,(H2,26,27,29,33). The maximum Gasteiger partial charge on any atom is 0.264 e. The number of thiocarbonyl (C=S) groups is 1. The van der Waals surface area contributed by atoms with E-state index in [0.29, 0.717) is 30.1 Å². The van der Waals surface area contributed by atoms with Crippen LogP contribution in [-0.4, -0.2) is 32.6 Å². The molecule has 0 aromatic heterocycles. The molecule has 3 aromatic rings. The fourth-order valence-electron chi connectivity index (χ4n) is 3.64. The molecule has 4 rings (SSSR count). The van der Waals surface area contributed by atoms with Crippen molar-refractivity contribution in [3.05, 3.63) is 82.3 Å². The second-order valence-electron chi connectivity index (χ2n) is 7.68. The van der Waals surface area contributed by atoms with Crippen molar-refractivity contribution in [3.8, 4) is 5.75 Å². The maximum atomic E-state index is 13.1. The van der Waals surface area contributed by atoms with Crippen LogP contribution in [0.3, 0.4) is 0 Å². The number of fused-ring (bicyclic) bond motifs is 1. The molecule has 34 heavy (non-hydrogen) atoms. The minimum Gasteiger partial charge on any atom is -0.483 e. The van der Waals surface area contributed by atoms with Crippen molar-refractivity contribution < 1.29 is 17.9 Å². The van der Waals surface area contributed by atoms with Gasteiger partial charge < -0.3 is 10.1 Å². The molecule has 1 aliphatic rings. The van der Waals surface area contributed by atoms with Crippen molar-refractivity contribution in [1.82, 2.24) is 5.32 Å². The van der Waals surface area contributed by atoms with Gasteiger partial charge in [-0.3, -0.25) is 14.4 Å². The minimum absolute atomic E-state index is 0.0882. The Kier molecular flexibility index (Phi) is 7.20. The van der Waals surface area contributed by atoms with Gasteiger partial charge >= 0.3 is 0 Å². The average Bonchev–Trinajstić information content (AvgIpc) is 3.24. The zero-order chi connectivity index (χ0) is 24.3. The Morgan fingerprint density at radius 1 is 1.12 bits per heavy atom. The van der Waals surface area contributed by atoms with E-state index in [-0.39, 0.29) is 16.6 Å². The number of nitrogens with zero attached hydrogens (tertiary/aromatic N) is 1. The second-order valence-corrected chi connectivity index (χ2v) is 10.9. The number of benzene rings is 3. The van der Waals surface area contributed by atoms with E-state index in [1.54, 1.807) is 18.2 Å². The molecule has 2 N–H and O–H groups in total. The van der Waals surface area contributed by atoms with E-state index < -0.39 is 15.9 Å². The largest absolute Gasteiger partial charge is 0.483 e. The molecule has 0 atom stereocenters. The highest BCUT2D eigenvalue weighted by atomic mass is 79.9. The van der Waals surface area contributed by atoms with Crippen LogP contribution in [-0.2, 0) is 21.2 Å². The molecular formula is C24H22BrN3O4S2. The fraction of sp³-hybridized carbons (Fsp3) is 0.167. The molecule has 0 saturated heterocycles. The first kappa shape index (κ1) is 24.2. The molecule has 0 bridgehead atoms. The summed E-state index contributed by atoms with van der Waals surface area (Å²) >= 11 is 8.58. The zero-order valence-corrected chi connectivity index (χ0v) is 21.5. The highest BCUT2D eigenvalue weighted by Crippen LogP contribution is 2.32. The molecule has 0 radical (unpaired) electrons. The molecular weight excluding hydrogens is 538 g/mol. The SMILES string of the molecule is Cc1cc(Br)ccc1OCC(=O)NC(=S)Nc1ccc(S(=O)(=O)N2CCc3ccccc32)cc1. The van der Waals surface area contributed by atoms with Crippen LogP contribution in [0.15, 0.2) is 76.1 Å². The molecule has 0 spiro atoms. The van der Waals surface area contributed by atoms with Crippen LogP contribution < -0.4 is 19.7 Å². The number of nitrogens with one attached hydrogen (secondary N) is 2. The third-order valence-corrected chi connectivity index (χ3v) is 7.82. The molecule has 10 heteroatoms. The van der Waals surface area contributed by atoms with Crippen LogP contribution >= 0.6 is 28.1 Å². The fourth-order valence-corrected chi connectivity index (χ4v) is 5.85. The van der Waals surface area contributed by atoms with E-state index in [1.807, 2.05) is 43.3 Å². The summed E-state index contributed by atoms with van der Waals surface area (Å²) in [5.74, 6) is 0.196. The Labute approximate surface area is 212 Å². The number of aryl methyl sites for hydroxylation is 1. The predicted octanol–water partition coefficient (Wildman–Crippen LogP) is 4.40. The summed E-state index contributed by atoms with van der Waals surface area (Å²) in [6, 6.07) is 19.3. The molecule has 1 heterocycles. The molecule has 3 aromatic carbocycles. The van der Waals surface area contributed by atoms with Crippen molar-refractivity contribution in [2.75, 3.05) is 22.8 Å². The number of rotatable bonds is 6. The molecule has 0 fully saturated rings. The molecule has 1 aliphatic heterocycles. The van der Waals surface area contributed by atoms with E-state index in [1.165, 1.54) is 16.4 Å². The summed E-state index contributed by atoms with van der Waals surface area (Å²) in [5.41, 5.74) is 3.19. The molecule has 7 nitrogen and oxygen atoms in total. The first-order chi connectivity index (χ1) is 16.2. The molecule has 0 unspecified atom stereocenters. The lowest BCUT2D eigenvalue weighted by atomic mass is 10.2. The summed E-state index contributed by atoms with van der Waals surface area (Å²) in [4.78, 5) is 12.4. The Morgan fingerprint density at radius 3 is 2.59 bits per heavy atom. The maximum absolute atomic E-state index is 13.1. The number of hydrogen-bond acceptors (Lipinski definition) is 5. The van der Waals surface area contributed by atoms with Crippen LogP contribution in [0.2, 0.25) is 0 Å². The van der Waals surface area contributed by atoms with Gasteiger partial charge in [0.2, 0.25) is 0 Å². The summed E-state index contributed by atoms with van der Waals surface area (Å²) < 4.78 is 34.1. The van der Waals surface area contributed by atoms with Crippen LogP contribution in [0.1, 0.15) is 11.1 Å². The Balaban J connectivity index is 1.33. The highest BCUT2D eigenvalue weighted by Gasteiger charge is 2.30. The minimum atomic E-state index is -3.67. The molecule has 0 aliphatic carbocycles. The monoisotopic (exact) mass is 559 g/mol. The van der Waals surface area contributed by atoms with Gasteiger partial charge in [0.25, 0.3) is 15.9 Å². The van der Waals surface area contributed by atoms with Gasteiger partial charge in [0.1, 0.15) is 5.75 Å². The lowest BCUT2D eigenvalue weighted by molar-refractivity contribution is -0.121.